The molecule has 166 valence electrons. The number of sulfone groups is 1. The summed E-state index contributed by atoms with van der Waals surface area (Å²) in [4.78, 5) is 17.8. The molecule has 0 saturated carbocycles. The van der Waals surface area contributed by atoms with E-state index in [2.05, 4.69) is 10.3 Å². The van der Waals surface area contributed by atoms with Gasteiger partial charge in [0.1, 0.15) is 0 Å². The van der Waals surface area contributed by atoms with E-state index >= 15 is 0 Å². The summed E-state index contributed by atoms with van der Waals surface area (Å²) < 4.78 is 24.4. The molecule has 1 heterocycles. The van der Waals surface area contributed by atoms with Crippen molar-refractivity contribution in [3.8, 4) is 22.4 Å². The average molecular weight is 457 g/mol. The highest BCUT2D eigenvalue weighted by Crippen LogP contribution is 2.30. The van der Waals surface area contributed by atoms with Gasteiger partial charge in [-0.3, -0.25) is 9.78 Å². The van der Waals surface area contributed by atoms with Gasteiger partial charge in [0, 0.05) is 29.3 Å². The number of nitrogens with one attached hydrogen (secondary N) is 1. The molecule has 0 aliphatic rings. The van der Waals surface area contributed by atoms with Gasteiger partial charge in [-0.1, -0.05) is 36.4 Å². The number of amides is 1. The van der Waals surface area contributed by atoms with Crippen molar-refractivity contribution < 1.29 is 13.2 Å². The topological polar surface area (TPSA) is 76.1 Å². The molecule has 33 heavy (non-hydrogen) atoms. The van der Waals surface area contributed by atoms with Crippen molar-refractivity contribution >= 4 is 21.4 Å². The molecule has 1 N–H and O–H groups in total. The van der Waals surface area contributed by atoms with Crippen LogP contribution in [0.3, 0.4) is 0 Å². The van der Waals surface area contributed by atoms with Crippen LogP contribution in [0.25, 0.3) is 22.4 Å². The second-order valence-corrected chi connectivity index (χ2v) is 10.0. The molecule has 0 aliphatic heterocycles. The molecule has 0 aliphatic carbocycles. The maximum atomic E-state index is 13.3. The largest absolute Gasteiger partial charge is 0.322 e. The predicted molar refractivity (Wildman–Crippen MR) is 132 cm³/mol. The Balaban J connectivity index is 1.74. The number of carbonyl (C=O) groups excluding carboxylic acids is 1. The van der Waals surface area contributed by atoms with Crippen molar-refractivity contribution in [2.24, 2.45) is 0 Å². The molecule has 0 saturated heterocycles. The molecule has 4 aromatic rings. The fourth-order valence-corrected chi connectivity index (χ4v) is 4.24. The third-order valence-corrected chi connectivity index (χ3v) is 6.67. The van der Waals surface area contributed by atoms with Gasteiger partial charge in [-0.2, -0.15) is 0 Å². The van der Waals surface area contributed by atoms with Gasteiger partial charge in [0.15, 0.2) is 9.84 Å². The molecule has 1 amide bonds. The lowest BCUT2D eigenvalue weighted by Gasteiger charge is -2.14. The fourth-order valence-electron chi connectivity index (χ4n) is 3.59. The Bertz CT molecular complexity index is 1450. The lowest BCUT2D eigenvalue weighted by molar-refractivity contribution is 0.102. The van der Waals surface area contributed by atoms with Crippen LogP contribution in [0.2, 0.25) is 0 Å². The molecule has 0 unspecified atom stereocenters. The van der Waals surface area contributed by atoms with Gasteiger partial charge in [0.2, 0.25) is 0 Å². The second-order valence-electron chi connectivity index (χ2n) is 8.03. The van der Waals surface area contributed by atoms with E-state index in [1.807, 2.05) is 74.5 Å². The molecule has 6 heteroatoms. The maximum Gasteiger partial charge on any atom is 0.256 e. The van der Waals surface area contributed by atoms with Gasteiger partial charge in [-0.25, -0.2) is 8.42 Å². The lowest BCUT2D eigenvalue weighted by Crippen LogP contribution is -2.14. The number of aryl methyl sites for hydroxylation is 2. The first-order valence-electron chi connectivity index (χ1n) is 10.5. The van der Waals surface area contributed by atoms with Crippen molar-refractivity contribution in [3.63, 3.8) is 0 Å². The summed E-state index contributed by atoms with van der Waals surface area (Å²) >= 11 is 0. The second kappa shape index (κ2) is 9.00. The number of carbonyl (C=O) groups is 1. The standard InChI is InChI=1S/C27H24N2O3S/c1-18-10-11-20(15-19(18)2)25-17-23(33(3,31)32)12-13-24(25)27(30)29-22-8-6-7-21(16-22)26-9-4-5-14-28-26/h4-17H,1-3H3,(H,29,30). The molecule has 0 atom stereocenters. The van der Waals surface area contributed by atoms with Crippen molar-refractivity contribution in [1.82, 2.24) is 4.98 Å². The first-order valence-corrected chi connectivity index (χ1v) is 12.4. The fraction of sp³-hybridized carbons (Fsp3) is 0.111. The SMILES string of the molecule is Cc1ccc(-c2cc(S(C)(=O)=O)ccc2C(=O)Nc2cccc(-c3ccccn3)c2)cc1C. The molecule has 3 aromatic carbocycles. The molecule has 5 nitrogen and oxygen atoms in total. The summed E-state index contributed by atoms with van der Waals surface area (Å²) in [6.45, 7) is 4.00. The molecular weight excluding hydrogens is 432 g/mol. The van der Waals surface area contributed by atoms with Crippen molar-refractivity contribution in [2.45, 2.75) is 18.7 Å². The van der Waals surface area contributed by atoms with Crippen LogP contribution >= 0.6 is 0 Å². The van der Waals surface area contributed by atoms with E-state index in [9.17, 15) is 13.2 Å². The number of hydrogen-bond acceptors (Lipinski definition) is 4. The first-order chi connectivity index (χ1) is 15.7. The molecule has 0 fully saturated rings. The maximum absolute atomic E-state index is 13.3. The Morgan fingerprint density at radius 2 is 1.64 bits per heavy atom. The zero-order valence-corrected chi connectivity index (χ0v) is 19.5. The van der Waals surface area contributed by atoms with E-state index in [4.69, 9.17) is 0 Å². The predicted octanol–water partition coefficient (Wildman–Crippen LogP) is 5.69. The Morgan fingerprint density at radius 1 is 0.818 bits per heavy atom. The molecule has 1 aromatic heterocycles. The minimum atomic E-state index is -3.43. The normalized spacial score (nSPS) is 11.2. The van der Waals surface area contributed by atoms with Crippen LogP contribution in [0.1, 0.15) is 21.5 Å². The third-order valence-electron chi connectivity index (χ3n) is 5.56. The van der Waals surface area contributed by atoms with Crippen LogP contribution in [-0.2, 0) is 9.84 Å². The molecular formula is C27H24N2O3S. The Hall–Kier alpha value is -3.77. The zero-order valence-electron chi connectivity index (χ0n) is 18.7. The summed E-state index contributed by atoms with van der Waals surface area (Å²) in [5.41, 5.74) is 6.25. The number of benzene rings is 3. The minimum Gasteiger partial charge on any atom is -0.322 e. The highest BCUT2D eigenvalue weighted by molar-refractivity contribution is 7.90. The number of aromatic nitrogens is 1. The smallest absolute Gasteiger partial charge is 0.256 e. The van der Waals surface area contributed by atoms with Crippen LogP contribution < -0.4 is 5.32 Å². The summed E-state index contributed by atoms with van der Waals surface area (Å²) in [6, 6.07) is 23.6. The summed E-state index contributed by atoms with van der Waals surface area (Å²) in [5.74, 6) is -0.318. The van der Waals surface area contributed by atoms with E-state index in [1.54, 1.807) is 18.3 Å². The van der Waals surface area contributed by atoms with Gasteiger partial charge < -0.3 is 5.32 Å². The van der Waals surface area contributed by atoms with E-state index in [1.165, 1.54) is 6.07 Å². The Labute approximate surface area is 194 Å². The molecule has 0 radical (unpaired) electrons. The van der Waals surface area contributed by atoms with Crippen molar-refractivity contribution in [3.05, 3.63) is 102 Å². The van der Waals surface area contributed by atoms with Crippen LogP contribution in [0.15, 0.2) is 90.0 Å². The van der Waals surface area contributed by atoms with E-state index in [0.717, 1.165) is 34.2 Å². The van der Waals surface area contributed by atoms with Crippen LogP contribution in [0, 0.1) is 13.8 Å². The highest BCUT2D eigenvalue weighted by atomic mass is 32.2. The molecule has 0 bridgehead atoms. The summed E-state index contributed by atoms with van der Waals surface area (Å²) in [6.07, 6.45) is 2.88. The van der Waals surface area contributed by atoms with Gasteiger partial charge >= 0.3 is 0 Å². The van der Waals surface area contributed by atoms with Gasteiger partial charge in [0.25, 0.3) is 5.91 Å². The van der Waals surface area contributed by atoms with Crippen LogP contribution in [0.5, 0.6) is 0 Å². The quantitative estimate of drug-likeness (QED) is 0.419. The van der Waals surface area contributed by atoms with Crippen molar-refractivity contribution in [2.75, 3.05) is 11.6 Å². The van der Waals surface area contributed by atoms with Crippen LogP contribution in [0.4, 0.5) is 5.69 Å². The average Bonchev–Trinajstić information content (AvgIpc) is 2.80. The van der Waals surface area contributed by atoms with Gasteiger partial charge in [-0.15, -0.1) is 0 Å². The number of rotatable bonds is 5. The van der Waals surface area contributed by atoms with Crippen LogP contribution in [-0.4, -0.2) is 25.6 Å². The van der Waals surface area contributed by atoms with Gasteiger partial charge in [-0.05, 0) is 78.6 Å². The zero-order chi connectivity index (χ0) is 23.6. The summed E-state index contributed by atoms with van der Waals surface area (Å²) in [5, 5.41) is 2.95. The number of pyridine rings is 1. The minimum absolute atomic E-state index is 0.171. The number of anilines is 1. The Kier molecular flexibility index (Phi) is 6.11. The van der Waals surface area contributed by atoms with E-state index in [0.29, 0.717) is 16.8 Å². The Morgan fingerprint density at radius 3 is 2.33 bits per heavy atom. The number of nitrogens with zero attached hydrogens (tertiary/aromatic N) is 1. The summed E-state index contributed by atoms with van der Waals surface area (Å²) in [7, 11) is -3.43. The number of hydrogen-bond donors (Lipinski definition) is 1. The first kappa shape index (κ1) is 22.4. The van der Waals surface area contributed by atoms with E-state index in [-0.39, 0.29) is 10.8 Å². The third kappa shape index (κ3) is 5.02. The van der Waals surface area contributed by atoms with Crippen molar-refractivity contribution in [1.29, 1.82) is 0 Å². The molecule has 4 rings (SSSR count). The molecule has 0 spiro atoms. The highest BCUT2D eigenvalue weighted by Gasteiger charge is 2.18. The van der Waals surface area contributed by atoms with Gasteiger partial charge in [0.05, 0.1) is 10.6 Å². The lowest BCUT2D eigenvalue weighted by atomic mass is 9.96. The monoisotopic (exact) mass is 456 g/mol. The van der Waals surface area contributed by atoms with E-state index < -0.39 is 9.84 Å².